The third kappa shape index (κ3) is 5.06. The van der Waals surface area contributed by atoms with Crippen molar-refractivity contribution in [3.05, 3.63) is 23.8 Å². The highest BCUT2D eigenvalue weighted by Crippen LogP contribution is 2.22. The van der Waals surface area contributed by atoms with Crippen molar-refractivity contribution in [3.63, 3.8) is 0 Å². The van der Waals surface area contributed by atoms with Gasteiger partial charge in [0.25, 0.3) is 0 Å². The summed E-state index contributed by atoms with van der Waals surface area (Å²) in [6.45, 7) is 6.80. The Kier molecular flexibility index (Phi) is 5.25. The number of ether oxygens (including phenoxy) is 1. The molecule has 4 heteroatoms. The van der Waals surface area contributed by atoms with Crippen molar-refractivity contribution >= 4 is 5.69 Å². The molecule has 0 fully saturated rings. The molecule has 0 bridgehead atoms. The van der Waals surface area contributed by atoms with Gasteiger partial charge in [-0.05, 0) is 24.6 Å². The highest BCUT2D eigenvalue weighted by Gasteiger charge is 2.07. The number of aliphatic hydroxyl groups excluding tert-OH is 1. The second kappa shape index (κ2) is 6.47. The van der Waals surface area contributed by atoms with Crippen LogP contribution in [-0.2, 0) is 0 Å². The van der Waals surface area contributed by atoms with Crippen LogP contribution in [0.2, 0.25) is 0 Å². The van der Waals surface area contributed by atoms with Crippen LogP contribution in [0, 0.1) is 6.92 Å². The largest absolute Gasteiger partial charge is 0.489 e. The molecule has 0 aromatic heterocycles. The van der Waals surface area contributed by atoms with Crippen LogP contribution in [0.1, 0.15) is 19.4 Å². The molecule has 1 rings (SSSR count). The minimum Gasteiger partial charge on any atom is -0.489 e. The average molecular weight is 238 g/mol. The first-order chi connectivity index (χ1) is 7.99. The van der Waals surface area contributed by atoms with E-state index in [4.69, 9.17) is 10.5 Å². The van der Waals surface area contributed by atoms with Crippen molar-refractivity contribution in [2.75, 3.05) is 18.9 Å². The fourth-order valence-corrected chi connectivity index (χ4v) is 1.38. The van der Waals surface area contributed by atoms with Crippen LogP contribution in [0.25, 0.3) is 0 Å². The molecule has 0 aliphatic heterocycles. The molecule has 1 atom stereocenters. The van der Waals surface area contributed by atoms with Crippen LogP contribution in [-0.4, -0.2) is 30.4 Å². The summed E-state index contributed by atoms with van der Waals surface area (Å²) in [5, 5.41) is 12.8. The van der Waals surface area contributed by atoms with Crippen molar-refractivity contribution < 1.29 is 9.84 Å². The smallest absolute Gasteiger partial charge is 0.142 e. The Morgan fingerprint density at radius 2 is 2.12 bits per heavy atom. The van der Waals surface area contributed by atoms with E-state index in [0.29, 0.717) is 24.0 Å². The molecule has 0 aliphatic rings. The number of rotatable bonds is 6. The van der Waals surface area contributed by atoms with Gasteiger partial charge in [-0.2, -0.15) is 0 Å². The van der Waals surface area contributed by atoms with Crippen LogP contribution in [0.4, 0.5) is 5.69 Å². The van der Waals surface area contributed by atoms with Gasteiger partial charge < -0.3 is 20.9 Å². The Hall–Kier alpha value is -1.26. The zero-order chi connectivity index (χ0) is 12.8. The van der Waals surface area contributed by atoms with Crippen LogP contribution in [0.15, 0.2) is 18.2 Å². The van der Waals surface area contributed by atoms with Gasteiger partial charge in [-0.3, -0.25) is 0 Å². The van der Waals surface area contributed by atoms with Gasteiger partial charge in [-0.15, -0.1) is 0 Å². The standard InChI is InChI=1S/C13H22N2O2/c1-9(2)15-7-11(16)8-17-13-6-10(3)4-5-12(13)14/h4-6,9,11,15-16H,7-8,14H2,1-3H3. The fourth-order valence-electron chi connectivity index (χ4n) is 1.38. The molecule has 0 aliphatic carbocycles. The fraction of sp³-hybridized carbons (Fsp3) is 0.538. The third-order valence-corrected chi connectivity index (χ3v) is 2.36. The zero-order valence-corrected chi connectivity index (χ0v) is 10.7. The minimum atomic E-state index is -0.530. The van der Waals surface area contributed by atoms with E-state index in [1.165, 1.54) is 0 Å². The Labute approximate surface area is 103 Å². The maximum atomic E-state index is 9.69. The van der Waals surface area contributed by atoms with Crippen molar-refractivity contribution in [1.82, 2.24) is 5.32 Å². The number of aliphatic hydroxyl groups is 1. The molecule has 96 valence electrons. The second-order valence-corrected chi connectivity index (χ2v) is 4.57. The summed E-state index contributed by atoms with van der Waals surface area (Å²) in [7, 11) is 0. The summed E-state index contributed by atoms with van der Waals surface area (Å²) in [5.41, 5.74) is 7.46. The maximum Gasteiger partial charge on any atom is 0.142 e. The van der Waals surface area contributed by atoms with E-state index in [0.717, 1.165) is 5.56 Å². The molecule has 0 amide bonds. The third-order valence-electron chi connectivity index (χ3n) is 2.36. The summed E-state index contributed by atoms with van der Waals surface area (Å²) in [4.78, 5) is 0. The summed E-state index contributed by atoms with van der Waals surface area (Å²) >= 11 is 0. The van der Waals surface area contributed by atoms with E-state index in [2.05, 4.69) is 5.32 Å². The average Bonchev–Trinajstić information content (AvgIpc) is 2.27. The normalized spacial score (nSPS) is 12.8. The predicted octanol–water partition coefficient (Wildman–Crippen LogP) is 1.31. The quantitative estimate of drug-likeness (QED) is 0.654. The zero-order valence-electron chi connectivity index (χ0n) is 10.7. The first-order valence-electron chi connectivity index (χ1n) is 5.89. The molecule has 0 saturated carbocycles. The number of hydrogen-bond donors (Lipinski definition) is 3. The van der Waals surface area contributed by atoms with Gasteiger partial charge in [0.15, 0.2) is 0 Å². The van der Waals surface area contributed by atoms with E-state index in [-0.39, 0.29) is 6.61 Å². The molecule has 4 N–H and O–H groups in total. The van der Waals surface area contributed by atoms with Crippen molar-refractivity contribution in [3.8, 4) is 5.75 Å². The molecule has 17 heavy (non-hydrogen) atoms. The molecule has 4 nitrogen and oxygen atoms in total. The number of nitrogens with one attached hydrogen (secondary N) is 1. The molecule has 0 saturated heterocycles. The van der Waals surface area contributed by atoms with Crippen molar-refractivity contribution in [2.24, 2.45) is 0 Å². The summed E-state index contributed by atoms with van der Waals surface area (Å²) in [5.74, 6) is 0.633. The Morgan fingerprint density at radius 1 is 1.41 bits per heavy atom. The highest BCUT2D eigenvalue weighted by atomic mass is 16.5. The predicted molar refractivity (Wildman–Crippen MR) is 70.2 cm³/mol. The lowest BCUT2D eigenvalue weighted by Gasteiger charge is -2.16. The molecule has 0 spiro atoms. The molecule has 0 heterocycles. The first-order valence-corrected chi connectivity index (χ1v) is 5.89. The van der Waals surface area contributed by atoms with E-state index in [1.807, 2.05) is 39.0 Å². The highest BCUT2D eigenvalue weighted by molar-refractivity contribution is 5.53. The number of aryl methyl sites for hydroxylation is 1. The second-order valence-electron chi connectivity index (χ2n) is 4.57. The van der Waals surface area contributed by atoms with Gasteiger partial charge in [0, 0.05) is 12.6 Å². The Balaban J connectivity index is 2.41. The van der Waals surface area contributed by atoms with Gasteiger partial charge in [0.2, 0.25) is 0 Å². The first kappa shape index (κ1) is 13.8. The summed E-state index contributed by atoms with van der Waals surface area (Å²) < 4.78 is 5.50. The lowest BCUT2D eigenvalue weighted by atomic mass is 10.2. The number of nitrogens with two attached hydrogens (primary N) is 1. The lowest BCUT2D eigenvalue weighted by molar-refractivity contribution is 0.105. The van der Waals surface area contributed by atoms with Crippen molar-refractivity contribution in [2.45, 2.75) is 32.9 Å². The molecule has 0 radical (unpaired) electrons. The van der Waals surface area contributed by atoms with Crippen LogP contribution in [0.3, 0.4) is 0 Å². The van der Waals surface area contributed by atoms with E-state index < -0.39 is 6.10 Å². The minimum absolute atomic E-state index is 0.243. The van der Waals surface area contributed by atoms with E-state index in [1.54, 1.807) is 0 Å². The summed E-state index contributed by atoms with van der Waals surface area (Å²) in [6.07, 6.45) is -0.530. The lowest BCUT2D eigenvalue weighted by Crippen LogP contribution is -2.35. The van der Waals surface area contributed by atoms with Gasteiger partial charge in [0.1, 0.15) is 18.5 Å². The molecular weight excluding hydrogens is 216 g/mol. The molecule has 1 aromatic carbocycles. The molecular formula is C13H22N2O2. The topological polar surface area (TPSA) is 67.5 Å². The number of hydrogen-bond acceptors (Lipinski definition) is 4. The van der Waals surface area contributed by atoms with Crippen LogP contribution >= 0.6 is 0 Å². The number of benzene rings is 1. The van der Waals surface area contributed by atoms with Gasteiger partial charge in [-0.25, -0.2) is 0 Å². The molecule has 1 aromatic rings. The van der Waals surface area contributed by atoms with Crippen molar-refractivity contribution in [1.29, 1.82) is 0 Å². The summed E-state index contributed by atoms with van der Waals surface area (Å²) in [6, 6.07) is 5.97. The van der Waals surface area contributed by atoms with E-state index >= 15 is 0 Å². The van der Waals surface area contributed by atoms with Gasteiger partial charge >= 0.3 is 0 Å². The van der Waals surface area contributed by atoms with Crippen LogP contribution in [0.5, 0.6) is 5.75 Å². The monoisotopic (exact) mass is 238 g/mol. The van der Waals surface area contributed by atoms with Gasteiger partial charge in [0.05, 0.1) is 5.69 Å². The number of nitrogen functional groups attached to an aromatic ring is 1. The van der Waals surface area contributed by atoms with Gasteiger partial charge in [-0.1, -0.05) is 19.9 Å². The Morgan fingerprint density at radius 3 is 2.76 bits per heavy atom. The van der Waals surface area contributed by atoms with Crippen LogP contribution < -0.4 is 15.8 Å². The SMILES string of the molecule is Cc1ccc(N)c(OCC(O)CNC(C)C)c1. The number of anilines is 1. The van der Waals surface area contributed by atoms with E-state index in [9.17, 15) is 5.11 Å². The molecule has 1 unspecified atom stereocenters. The Bertz CT molecular complexity index is 353. The maximum absolute atomic E-state index is 9.69.